The zero-order valence-electron chi connectivity index (χ0n) is 13.3. The van der Waals surface area contributed by atoms with Crippen molar-refractivity contribution in [3.8, 4) is 11.6 Å². The fraction of sp³-hybridized carbons (Fsp3) is 0.312. The number of primary amides is 1. The maximum absolute atomic E-state index is 10.9. The smallest absolute Gasteiger partial charge is 0.242 e. The summed E-state index contributed by atoms with van der Waals surface area (Å²) >= 11 is 0. The molecule has 1 aromatic carbocycles. The van der Waals surface area contributed by atoms with E-state index in [0.717, 1.165) is 12.8 Å². The SMILES string of the molecule is CCC(Cc1ccccc1)c1nc(-c2ncn(CC(N)=O)n2)no1. The van der Waals surface area contributed by atoms with Crippen LogP contribution >= 0.6 is 0 Å². The molecule has 0 spiro atoms. The number of nitrogens with two attached hydrogens (primary N) is 1. The lowest BCUT2D eigenvalue weighted by Crippen LogP contribution is -2.18. The van der Waals surface area contributed by atoms with Crippen LogP contribution in [0, 0.1) is 0 Å². The van der Waals surface area contributed by atoms with E-state index in [-0.39, 0.29) is 12.5 Å². The number of amides is 1. The van der Waals surface area contributed by atoms with E-state index in [2.05, 4.69) is 39.3 Å². The summed E-state index contributed by atoms with van der Waals surface area (Å²) in [6.07, 6.45) is 3.11. The normalized spacial score (nSPS) is 12.2. The Labute approximate surface area is 138 Å². The second kappa shape index (κ2) is 7.03. The Morgan fingerprint density at radius 3 is 2.79 bits per heavy atom. The second-order valence-corrected chi connectivity index (χ2v) is 5.48. The number of hydrogen-bond acceptors (Lipinski definition) is 6. The van der Waals surface area contributed by atoms with Crippen molar-refractivity contribution in [2.45, 2.75) is 32.2 Å². The van der Waals surface area contributed by atoms with Crippen LogP contribution in [0.3, 0.4) is 0 Å². The lowest BCUT2D eigenvalue weighted by molar-refractivity contribution is -0.118. The highest BCUT2D eigenvalue weighted by Crippen LogP contribution is 2.24. The van der Waals surface area contributed by atoms with Crippen LogP contribution in [0.4, 0.5) is 0 Å². The van der Waals surface area contributed by atoms with E-state index in [4.69, 9.17) is 10.3 Å². The van der Waals surface area contributed by atoms with Crippen molar-refractivity contribution in [1.29, 1.82) is 0 Å². The predicted octanol–water partition coefficient (Wildman–Crippen LogP) is 1.55. The van der Waals surface area contributed by atoms with E-state index in [0.29, 0.717) is 17.5 Å². The summed E-state index contributed by atoms with van der Waals surface area (Å²) < 4.78 is 6.73. The molecule has 0 radical (unpaired) electrons. The van der Waals surface area contributed by atoms with Gasteiger partial charge in [-0.3, -0.25) is 4.79 Å². The number of carbonyl (C=O) groups is 1. The lowest BCUT2D eigenvalue weighted by Gasteiger charge is -2.09. The molecule has 1 unspecified atom stereocenters. The molecule has 1 amide bonds. The van der Waals surface area contributed by atoms with E-state index < -0.39 is 5.91 Å². The van der Waals surface area contributed by atoms with Crippen LogP contribution in [0.15, 0.2) is 41.2 Å². The average Bonchev–Trinajstić information content (AvgIpc) is 3.22. The quantitative estimate of drug-likeness (QED) is 0.705. The maximum atomic E-state index is 10.9. The molecule has 8 heteroatoms. The van der Waals surface area contributed by atoms with Crippen molar-refractivity contribution in [3.05, 3.63) is 48.1 Å². The summed E-state index contributed by atoms with van der Waals surface area (Å²) in [6, 6.07) is 10.2. The number of hydrogen-bond donors (Lipinski definition) is 1. The van der Waals surface area contributed by atoms with Crippen LogP contribution in [0.2, 0.25) is 0 Å². The molecule has 0 fully saturated rings. The van der Waals surface area contributed by atoms with Gasteiger partial charge >= 0.3 is 0 Å². The molecule has 0 saturated carbocycles. The third-order valence-electron chi connectivity index (χ3n) is 3.66. The molecule has 2 heterocycles. The number of nitrogens with zero attached hydrogens (tertiary/aromatic N) is 5. The molecule has 2 aromatic heterocycles. The number of aromatic nitrogens is 5. The van der Waals surface area contributed by atoms with Crippen LogP contribution in [0.25, 0.3) is 11.6 Å². The van der Waals surface area contributed by atoms with Gasteiger partial charge in [0.25, 0.3) is 0 Å². The summed E-state index contributed by atoms with van der Waals surface area (Å²) in [5, 5.41) is 8.07. The van der Waals surface area contributed by atoms with Gasteiger partial charge in [0.15, 0.2) is 0 Å². The van der Waals surface area contributed by atoms with Crippen LogP contribution in [-0.2, 0) is 17.8 Å². The summed E-state index contributed by atoms with van der Waals surface area (Å²) in [7, 11) is 0. The van der Waals surface area contributed by atoms with Gasteiger partial charge in [0.05, 0.1) is 0 Å². The van der Waals surface area contributed by atoms with Gasteiger partial charge in [0.2, 0.25) is 23.4 Å². The summed E-state index contributed by atoms with van der Waals surface area (Å²) in [6.45, 7) is 2.04. The zero-order chi connectivity index (χ0) is 16.9. The first-order valence-corrected chi connectivity index (χ1v) is 7.71. The van der Waals surface area contributed by atoms with Gasteiger partial charge in [-0.1, -0.05) is 42.4 Å². The first-order valence-electron chi connectivity index (χ1n) is 7.71. The van der Waals surface area contributed by atoms with Gasteiger partial charge in [-0.25, -0.2) is 9.67 Å². The Kier molecular flexibility index (Phi) is 4.64. The second-order valence-electron chi connectivity index (χ2n) is 5.48. The molecule has 0 saturated heterocycles. The Morgan fingerprint density at radius 2 is 2.08 bits per heavy atom. The van der Waals surface area contributed by atoms with Crippen molar-refractivity contribution < 1.29 is 9.32 Å². The van der Waals surface area contributed by atoms with E-state index in [1.807, 2.05) is 18.2 Å². The minimum absolute atomic E-state index is 0.0384. The highest BCUT2D eigenvalue weighted by atomic mass is 16.5. The Bertz CT molecular complexity index is 811. The van der Waals surface area contributed by atoms with Gasteiger partial charge in [0.1, 0.15) is 12.9 Å². The molecule has 2 N–H and O–H groups in total. The predicted molar refractivity (Wildman–Crippen MR) is 85.7 cm³/mol. The van der Waals surface area contributed by atoms with Crippen molar-refractivity contribution in [1.82, 2.24) is 24.9 Å². The molecule has 124 valence electrons. The summed E-state index contributed by atoms with van der Waals surface area (Å²) in [4.78, 5) is 19.4. The first-order chi connectivity index (χ1) is 11.7. The van der Waals surface area contributed by atoms with Gasteiger partial charge in [-0.2, -0.15) is 4.98 Å². The number of carbonyl (C=O) groups excluding carboxylic acids is 1. The van der Waals surface area contributed by atoms with Crippen LogP contribution in [0.1, 0.15) is 30.7 Å². The first kappa shape index (κ1) is 15.9. The Morgan fingerprint density at radius 1 is 1.29 bits per heavy atom. The third-order valence-corrected chi connectivity index (χ3v) is 3.66. The van der Waals surface area contributed by atoms with Gasteiger partial charge in [0, 0.05) is 5.92 Å². The highest BCUT2D eigenvalue weighted by Gasteiger charge is 2.20. The molecule has 3 rings (SSSR count). The molecule has 0 bridgehead atoms. The van der Waals surface area contributed by atoms with Crippen molar-refractivity contribution in [2.75, 3.05) is 0 Å². The summed E-state index contributed by atoms with van der Waals surface area (Å²) in [5.41, 5.74) is 6.35. The standard InChI is InChI=1S/C16H18N6O2/c1-2-12(8-11-6-4-3-5-7-11)16-19-15(21-24-16)14-18-10-22(20-14)9-13(17)23/h3-7,10,12H,2,8-9H2,1H3,(H2,17,23). The molecule has 24 heavy (non-hydrogen) atoms. The lowest BCUT2D eigenvalue weighted by atomic mass is 9.97. The molecule has 0 aliphatic carbocycles. The fourth-order valence-corrected chi connectivity index (χ4v) is 2.43. The maximum Gasteiger partial charge on any atom is 0.242 e. The van der Waals surface area contributed by atoms with E-state index in [9.17, 15) is 4.79 Å². The molecule has 3 aromatic rings. The molecule has 0 aliphatic rings. The highest BCUT2D eigenvalue weighted by molar-refractivity contribution is 5.73. The molecule has 8 nitrogen and oxygen atoms in total. The molecular weight excluding hydrogens is 308 g/mol. The van der Waals surface area contributed by atoms with Gasteiger partial charge in [-0.15, -0.1) is 5.10 Å². The third kappa shape index (κ3) is 3.65. The van der Waals surface area contributed by atoms with Gasteiger partial charge < -0.3 is 10.3 Å². The van der Waals surface area contributed by atoms with E-state index >= 15 is 0 Å². The zero-order valence-corrected chi connectivity index (χ0v) is 13.3. The largest absolute Gasteiger partial charge is 0.368 e. The number of benzene rings is 1. The fourth-order valence-electron chi connectivity index (χ4n) is 2.43. The minimum Gasteiger partial charge on any atom is -0.368 e. The van der Waals surface area contributed by atoms with Crippen molar-refractivity contribution >= 4 is 5.91 Å². The van der Waals surface area contributed by atoms with Crippen molar-refractivity contribution in [2.24, 2.45) is 5.73 Å². The Balaban J connectivity index is 1.76. The summed E-state index contributed by atoms with van der Waals surface area (Å²) in [5.74, 6) is 0.804. The van der Waals surface area contributed by atoms with Crippen LogP contribution < -0.4 is 5.73 Å². The van der Waals surface area contributed by atoms with Crippen LogP contribution in [-0.4, -0.2) is 30.8 Å². The molecular formula is C16H18N6O2. The van der Waals surface area contributed by atoms with Crippen LogP contribution in [0.5, 0.6) is 0 Å². The minimum atomic E-state index is -0.492. The number of rotatable bonds is 7. The van der Waals surface area contributed by atoms with E-state index in [1.165, 1.54) is 16.6 Å². The van der Waals surface area contributed by atoms with Gasteiger partial charge in [-0.05, 0) is 18.4 Å². The average molecular weight is 326 g/mol. The molecule has 0 aliphatic heterocycles. The van der Waals surface area contributed by atoms with E-state index in [1.54, 1.807) is 0 Å². The molecule has 1 atom stereocenters. The monoisotopic (exact) mass is 326 g/mol. The topological polar surface area (TPSA) is 113 Å². The Hall–Kier alpha value is -3.03. The van der Waals surface area contributed by atoms with Crippen molar-refractivity contribution in [3.63, 3.8) is 0 Å².